The number of fused-ring (bicyclic) bond motifs is 1. The normalized spacial score (nSPS) is 27.0. The number of benzene rings is 1. The highest BCUT2D eigenvalue weighted by atomic mass is 16.5. The van der Waals surface area contributed by atoms with Crippen LogP contribution in [0.2, 0.25) is 0 Å². The molecule has 0 N–H and O–H groups in total. The van der Waals surface area contributed by atoms with E-state index in [2.05, 4.69) is 6.07 Å². The zero-order valence-electron chi connectivity index (χ0n) is 13.7. The second kappa shape index (κ2) is 5.92. The van der Waals surface area contributed by atoms with Crippen LogP contribution in [0.25, 0.3) is 0 Å². The smallest absolute Gasteiger partial charge is 0.223 e. The molecule has 0 aliphatic carbocycles. The fourth-order valence-electron chi connectivity index (χ4n) is 3.61. The number of ether oxygens (including phenoxy) is 2. The SMILES string of the molecule is C[C@H]1CN(C(=O)C[C@@H]2CCOc3ccccc32)CC(C)(C)O1. The van der Waals surface area contributed by atoms with Gasteiger partial charge in [0.2, 0.25) is 5.91 Å². The summed E-state index contributed by atoms with van der Waals surface area (Å²) in [5.74, 6) is 1.42. The Morgan fingerprint density at radius 2 is 2.14 bits per heavy atom. The molecule has 0 bridgehead atoms. The largest absolute Gasteiger partial charge is 0.493 e. The molecule has 0 aromatic heterocycles. The number of para-hydroxylation sites is 1. The lowest BCUT2D eigenvalue weighted by Gasteiger charge is -2.42. The van der Waals surface area contributed by atoms with E-state index >= 15 is 0 Å². The molecular weight excluding hydrogens is 278 g/mol. The van der Waals surface area contributed by atoms with E-state index in [1.165, 1.54) is 5.56 Å². The zero-order chi connectivity index (χ0) is 15.7. The van der Waals surface area contributed by atoms with Crippen LogP contribution in [0.5, 0.6) is 5.75 Å². The van der Waals surface area contributed by atoms with Crippen molar-refractivity contribution in [2.75, 3.05) is 19.7 Å². The van der Waals surface area contributed by atoms with Gasteiger partial charge in [-0.05, 0) is 44.7 Å². The number of nitrogens with zero attached hydrogens (tertiary/aromatic N) is 1. The third-order valence-corrected chi connectivity index (χ3v) is 4.43. The Labute approximate surface area is 132 Å². The molecule has 2 atom stereocenters. The summed E-state index contributed by atoms with van der Waals surface area (Å²) < 4.78 is 11.6. The van der Waals surface area contributed by atoms with Crippen molar-refractivity contribution >= 4 is 5.91 Å². The van der Waals surface area contributed by atoms with Gasteiger partial charge in [0.25, 0.3) is 0 Å². The average molecular weight is 303 g/mol. The standard InChI is InChI=1S/C18H25NO3/c1-13-11-19(12-18(2,3)22-13)17(20)10-14-8-9-21-16-7-5-4-6-15(14)16/h4-7,13-14H,8-12H2,1-3H3/t13-,14-/m0/s1. The minimum absolute atomic E-state index is 0.0923. The predicted molar refractivity (Wildman–Crippen MR) is 85.1 cm³/mol. The van der Waals surface area contributed by atoms with Gasteiger partial charge in [-0.3, -0.25) is 4.79 Å². The van der Waals surface area contributed by atoms with E-state index in [1.807, 2.05) is 43.9 Å². The van der Waals surface area contributed by atoms with Crippen molar-refractivity contribution in [3.63, 3.8) is 0 Å². The lowest BCUT2D eigenvalue weighted by atomic mass is 9.89. The first-order valence-corrected chi connectivity index (χ1v) is 8.12. The fraction of sp³-hybridized carbons (Fsp3) is 0.611. The number of morpholine rings is 1. The summed E-state index contributed by atoms with van der Waals surface area (Å²) in [7, 11) is 0. The number of hydrogen-bond donors (Lipinski definition) is 0. The highest BCUT2D eigenvalue weighted by Gasteiger charge is 2.35. The van der Waals surface area contributed by atoms with Crippen molar-refractivity contribution in [1.29, 1.82) is 0 Å². The number of rotatable bonds is 2. The number of carbonyl (C=O) groups is 1. The van der Waals surface area contributed by atoms with Crippen LogP contribution in [-0.2, 0) is 9.53 Å². The van der Waals surface area contributed by atoms with Gasteiger partial charge in [-0.1, -0.05) is 18.2 Å². The second-order valence-electron chi connectivity index (χ2n) is 7.04. The molecule has 4 heteroatoms. The molecule has 0 saturated carbocycles. The van der Waals surface area contributed by atoms with Crippen molar-refractivity contribution in [3.05, 3.63) is 29.8 Å². The molecule has 0 radical (unpaired) electrons. The van der Waals surface area contributed by atoms with Crippen LogP contribution in [0.4, 0.5) is 0 Å². The average Bonchev–Trinajstić information content (AvgIpc) is 2.45. The highest BCUT2D eigenvalue weighted by molar-refractivity contribution is 5.77. The Balaban J connectivity index is 1.70. The Morgan fingerprint density at radius 1 is 1.36 bits per heavy atom. The maximum absolute atomic E-state index is 12.7. The quantitative estimate of drug-likeness (QED) is 0.843. The predicted octanol–water partition coefficient (Wildman–Crippen LogP) is 2.97. The van der Waals surface area contributed by atoms with Crippen molar-refractivity contribution < 1.29 is 14.3 Å². The van der Waals surface area contributed by atoms with Crippen molar-refractivity contribution in [3.8, 4) is 5.75 Å². The molecule has 1 fully saturated rings. The highest BCUT2D eigenvalue weighted by Crippen LogP contribution is 2.36. The first-order chi connectivity index (χ1) is 10.4. The molecule has 2 aliphatic heterocycles. The maximum Gasteiger partial charge on any atom is 0.223 e. The molecule has 1 amide bonds. The molecule has 0 spiro atoms. The summed E-state index contributed by atoms with van der Waals surface area (Å²) in [6.07, 6.45) is 1.56. The molecule has 120 valence electrons. The molecule has 3 rings (SSSR count). The summed E-state index contributed by atoms with van der Waals surface area (Å²) in [4.78, 5) is 14.7. The van der Waals surface area contributed by atoms with E-state index in [1.54, 1.807) is 0 Å². The van der Waals surface area contributed by atoms with E-state index < -0.39 is 0 Å². The van der Waals surface area contributed by atoms with Crippen LogP contribution >= 0.6 is 0 Å². The van der Waals surface area contributed by atoms with Gasteiger partial charge in [0.05, 0.1) is 18.3 Å². The van der Waals surface area contributed by atoms with Crippen LogP contribution in [0, 0.1) is 0 Å². The lowest BCUT2D eigenvalue weighted by molar-refractivity contribution is -0.158. The first kappa shape index (κ1) is 15.3. The van der Waals surface area contributed by atoms with Gasteiger partial charge in [0.1, 0.15) is 5.75 Å². The number of carbonyl (C=O) groups excluding carboxylic acids is 1. The van der Waals surface area contributed by atoms with Crippen molar-refractivity contribution in [2.45, 2.75) is 51.2 Å². The minimum Gasteiger partial charge on any atom is -0.493 e. The molecule has 1 aromatic rings. The molecule has 22 heavy (non-hydrogen) atoms. The molecule has 2 heterocycles. The van der Waals surface area contributed by atoms with E-state index in [4.69, 9.17) is 9.47 Å². The lowest BCUT2D eigenvalue weighted by Crippen LogP contribution is -2.54. The monoisotopic (exact) mass is 303 g/mol. The summed E-state index contributed by atoms with van der Waals surface area (Å²) in [6, 6.07) is 8.07. The van der Waals surface area contributed by atoms with E-state index in [0.29, 0.717) is 26.1 Å². The molecule has 1 aromatic carbocycles. The summed E-state index contributed by atoms with van der Waals surface area (Å²) in [5.41, 5.74) is 0.906. The molecular formula is C18H25NO3. The van der Waals surface area contributed by atoms with Gasteiger partial charge < -0.3 is 14.4 Å². The summed E-state index contributed by atoms with van der Waals surface area (Å²) in [5, 5.41) is 0. The van der Waals surface area contributed by atoms with Crippen LogP contribution < -0.4 is 4.74 Å². The van der Waals surface area contributed by atoms with Gasteiger partial charge in [0, 0.05) is 19.5 Å². The van der Waals surface area contributed by atoms with Crippen LogP contribution in [0.1, 0.15) is 45.1 Å². The summed E-state index contributed by atoms with van der Waals surface area (Å²) in [6.45, 7) is 8.18. The molecule has 0 unspecified atom stereocenters. The van der Waals surface area contributed by atoms with Gasteiger partial charge in [-0.15, -0.1) is 0 Å². The van der Waals surface area contributed by atoms with E-state index in [-0.39, 0.29) is 23.5 Å². The number of amides is 1. The van der Waals surface area contributed by atoms with E-state index in [0.717, 1.165) is 12.2 Å². The van der Waals surface area contributed by atoms with Crippen LogP contribution in [-0.4, -0.2) is 42.2 Å². The maximum atomic E-state index is 12.7. The van der Waals surface area contributed by atoms with Gasteiger partial charge >= 0.3 is 0 Å². The number of hydrogen-bond acceptors (Lipinski definition) is 3. The second-order valence-corrected chi connectivity index (χ2v) is 7.04. The van der Waals surface area contributed by atoms with E-state index in [9.17, 15) is 4.79 Å². The minimum atomic E-state index is -0.263. The van der Waals surface area contributed by atoms with Gasteiger partial charge in [-0.2, -0.15) is 0 Å². The fourth-order valence-corrected chi connectivity index (χ4v) is 3.61. The first-order valence-electron chi connectivity index (χ1n) is 8.12. The molecule has 2 aliphatic rings. The third kappa shape index (κ3) is 3.27. The Bertz CT molecular complexity index is 555. The van der Waals surface area contributed by atoms with Crippen LogP contribution in [0.3, 0.4) is 0 Å². The Kier molecular flexibility index (Phi) is 4.13. The van der Waals surface area contributed by atoms with Crippen molar-refractivity contribution in [1.82, 2.24) is 4.90 Å². The topological polar surface area (TPSA) is 38.8 Å². The Hall–Kier alpha value is -1.55. The third-order valence-electron chi connectivity index (χ3n) is 4.43. The Morgan fingerprint density at radius 3 is 2.91 bits per heavy atom. The molecule has 1 saturated heterocycles. The van der Waals surface area contributed by atoms with Gasteiger partial charge in [-0.25, -0.2) is 0 Å². The van der Waals surface area contributed by atoms with Crippen molar-refractivity contribution in [2.24, 2.45) is 0 Å². The zero-order valence-corrected chi connectivity index (χ0v) is 13.7. The molecule has 4 nitrogen and oxygen atoms in total. The van der Waals surface area contributed by atoms with Crippen LogP contribution in [0.15, 0.2) is 24.3 Å². The van der Waals surface area contributed by atoms with Gasteiger partial charge in [0.15, 0.2) is 0 Å². The summed E-state index contributed by atoms with van der Waals surface area (Å²) >= 11 is 0.